The molecule has 3 rings (SSSR count). The van der Waals surface area contributed by atoms with Crippen molar-refractivity contribution < 1.29 is 0 Å². The number of rotatable bonds is 2. The Hall–Kier alpha value is -1.78. The fourth-order valence-electron chi connectivity index (χ4n) is 3.26. The van der Waals surface area contributed by atoms with Gasteiger partial charge in [-0.2, -0.15) is 0 Å². The Labute approximate surface area is 128 Å². The molecule has 1 aliphatic rings. The van der Waals surface area contributed by atoms with E-state index in [0.29, 0.717) is 6.42 Å². The summed E-state index contributed by atoms with van der Waals surface area (Å²) in [5.41, 5.74) is 4.98. The smallest absolute Gasteiger partial charge is 0.0513 e. The van der Waals surface area contributed by atoms with Crippen LogP contribution in [0.25, 0.3) is 11.1 Å². The summed E-state index contributed by atoms with van der Waals surface area (Å²) in [6.07, 6.45) is 8.61. The zero-order valence-corrected chi connectivity index (χ0v) is 12.9. The number of fused-ring (bicyclic) bond motifs is 3. The third kappa shape index (κ3) is 1.84. The minimum atomic E-state index is -0.213. The molecule has 0 aliphatic heterocycles. The van der Waals surface area contributed by atoms with Crippen molar-refractivity contribution in [2.45, 2.75) is 18.8 Å². The van der Waals surface area contributed by atoms with E-state index in [4.69, 9.17) is 6.42 Å². The lowest BCUT2D eigenvalue weighted by molar-refractivity contribution is 0.683. The highest BCUT2D eigenvalue weighted by Gasteiger charge is 2.40. The molecule has 0 N–H and O–H groups in total. The molecule has 0 nitrogen and oxygen atoms in total. The highest BCUT2D eigenvalue weighted by molar-refractivity contribution is 9.11. The van der Waals surface area contributed by atoms with E-state index in [0.717, 1.165) is 4.48 Å². The second kappa shape index (κ2) is 4.96. The quantitative estimate of drug-likeness (QED) is 0.660. The van der Waals surface area contributed by atoms with Crippen LogP contribution in [0.1, 0.15) is 24.5 Å². The van der Waals surface area contributed by atoms with Gasteiger partial charge in [-0.15, -0.1) is 12.3 Å². The highest BCUT2D eigenvalue weighted by Crippen LogP contribution is 2.52. The maximum Gasteiger partial charge on any atom is 0.0513 e. The van der Waals surface area contributed by atoms with Crippen molar-refractivity contribution in [1.82, 2.24) is 0 Å². The largest absolute Gasteiger partial charge is 0.120 e. The van der Waals surface area contributed by atoms with Crippen LogP contribution >= 0.6 is 15.9 Å². The van der Waals surface area contributed by atoms with Crippen LogP contribution in [0.15, 0.2) is 59.1 Å². The maximum atomic E-state index is 5.69. The van der Waals surface area contributed by atoms with Gasteiger partial charge in [0.15, 0.2) is 0 Å². The van der Waals surface area contributed by atoms with Crippen LogP contribution in [0.5, 0.6) is 0 Å². The van der Waals surface area contributed by atoms with Crippen LogP contribution in [0.2, 0.25) is 0 Å². The minimum Gasteiger partial charge on any atom is -0.120 e. The second-order valence-electron chi connectivity index (χ2n) is 5.17. The normalized spacial score (nSPS) is 15.3. The van der Waals surface area contributed by atoms with Crippen LogP contribution in [0, 0.1) is 12.3 Å². The van der Waals surface area contributed by atoms with Crippen molar-refractivity contribution in [3.63, 3.8) is 0 Å². The Morgan fingerprint density at radius 1 is 1.10 bits per heavy atom. The Morgan fingerprint density at radius 2 is 1.60 bits per heavy atom. The lowest BCUT2D eigenvalue weighted by atomic mass is 9.75. The van der Waals surface area contributed by atoms with E-state index in [1.165, 1.54) is 22.3 Å². The van der Waals surface area contributed by atoms with Crippen LogP contribution in [-0.2, 0) is 5.41 Å². The molecule has 0 unspecified atom stereocenters. The van der Waals surface area contributed by atoms with Gasteiger partial charge in [0.05, 0.1) is 5.41 Å². The average molecular weight is 323 g/mol. The molecule has 0 saturated heterocycles. The summed E-state index contributed by atoms with van der Waals surface area (Å²) in [5.74, 6) is 2.87. The topological polar surface area (TPSA) is 0 Å². The van der Waals surface area contributed by atoms with Crippen molar-refractivity contribution in [2.75, 3.05) is 0 Å². The van der Waals surface area contributed by atoms with Crippen LogP contribution < -0.4 is 0 Å². The minimum absolute atomic E-state index is 0.213. The van der Waals surface area contributed by atoms with E-state index < -0.39 is 0 Å². The zero-order chi connectivity index (χ0) is 14.2. The number of allylic oxidation sites excluding steroid dienone is 2. The number of terminal acetylenes is 1. The third-order valence-electron chi connectivity index (χ3n) is 3.93. The lowest BCUT2D eigenvalue weighted by Crippen LogP contribution is -2.22. The van der Waals surface area contributed by atoms with Crippen LogP contribution in [-0.4, -0.2) is 0 Å². The van der Waals surface area contributed by atoms with Crippen LogP contribution in [0.4, 0.5) is 0 Å². The monoisotopic (exact) mass is 322 g/mol. The Morgan fingerprint density at radius 3 is 2.05 bits per heavy atom. The number of halogens is 1. The molecular weight excluding hydrogens is 308 g/mol. The maximum absolute atomic E-state index is 5.69. The zero-order valence-electron chi connectivity index (χ0n) is 11.4. The molecule has 1 aliphatic carbocycles. The standard InChI is InChI=1S/C19H15Br/c1-3-12-19(13-14(2)20)17-10-6-4-8-15(17)16-9-5-7-11-18(16)19/h1,4-11,13H,12H2,2H3. The fourth-order valence-corrected chi connectivity index (χ4v) is 3.65. The lowest BCUT2D eigenvalue weighted by Gasteiger charge is -2.27. The summed E-state index contributed by atoms with van der Waals surface area (Å²) >= 11 is 3.59. The van der Waals surface area contributed by atoms with Crippen molar-refractivity contribution in [3.8, 4) is 23.5 Å². The van der Waals surface area contributed by atoms with E-state index in [1.54, 1.807) is 0 Å². The van der Waals surface area contributed by atoms with Gasteiger partial charge in [-0.1, -0.05) is 70.5 Å². The Bertz CT molecular complexity index is 682. The first-order valence-corrected chi connectivity index (χ1v) is 7.46. The number of benzene rings is 2. The van der Waals surface area contributed by atoms with Gasteiger partial charge in [-0.05, 0) is 33.7 Å². The van der Waals surface area contributed by atoms with Crippen molar-refractivity contribution in [2.24, 2.45) is 0 Å². The molecule has 20 heavy (non-hydrogen) atoms. The van der Waals surface area contributed by atoms with Crippen molar-refractivity contribution in [3.05, 3.63) is 70.2 Å². The van der Waals surface area contributed by atoms with Crippen molar-refractivity contribution in [1.29, 1.82) is 0 Å². The SMILES string of the molecule is C#CCC1(C=C(C)Br)c2ccccc2-c2ccccc21. The third-order valence-corrected chi connectivity index (χ3v) is 4.16. The predicted molar refractivity (Wildman–Crippen MR) is 88.8 cm³/mol. The highest BCUT2D eigenvalue weighted by atomic mass is 79.9. The van der Waals surface area contributed by atoms with Gasteiger partial charge in [0.25, 0.3) is 0 Å². The summed E-state index contributed by atoms with van der Waals surface area (Å²) in [7, 11) is 0. The first-order valence-electron chi connectivity index (χ1n) is 6.67. The summed E-state index contributed by atoms with van der Waals surface area (Å²) < 4.78 is 1.11. The molecule has 0 radical (unpaired) electrons. The molecule has 0 saturated carbocycles. The molecule has 0 fully saturated rings. The molecular formula is C19H15Br. The number of hydrogen-bond donors (Lipinski definition) is 0. The first kappa shape index (κ1) is 13.2. The molecule has 0 heterocycles. The molecule has 0 amide bonds. The summed E-state index contributed by atoms with van der Waals surface area (Å²) in [5, 5.41) is 0. The van der Waals surface area contributed by atoms with Gasteiger partial charge in [0.2, 0.25) is 0 Å². The fraction of sp³-hybridized carbons (Fsp3) is 0.158. The van der Waals surface area contributed by atoms with E-state index in [9.17, 15) is 0 Å². The molecule has 1 heteroatoms. The van der Waals surface area contributed by atoms with Gasteiger partial charge < -0.3 is 0 Å². The summed E-state index contributed by atoms with van der Waals surface area (Å²) in [6, 6.07) is 17.1. The van der Waals surface area contributed by atoms with Gasteiger partial charge in [-0.25, -0.2) is 0 Å². The van der Waals surface area contributed by atoms with Crippen molar-refractivity contribution >= 4 is 15.9 Å². The molecule has 2 aromatic rings. The van der Waals surface area contributed by atoms with E-state index >= 15 is 0 Å². The molecule has 98 valence electrons. The van der Waals surface area contributed by atoms with Gasteiger partial charge in [-0.3, -0.25) is 0 Å². The average Bonchev–Trinajstić information content (AvgIpc) is 2.71. The summed E-state index contributed by atoms with van der Waals surface area (Å²) in [6.45, 7) is 2.06. The molecule has 0 spiro atoms. The van der Waals surface area contributed by atoms with Crippen LogP contribution in [0.3, 0.4) is 0 Å². The molecule has 2 aromatic carbocycles. The predicted octanol–water partition coefficient (Wildman–Crippen LogP) is 5.28. The van der Waals surface area contributed by atoms with Gasteiger partial charge in [0.1, 0.15) is 0 Å². The van der Waals surface area contributed by atoms with Gasteiger partial charge in [0, 0.05) is 6.42 Å². The van der Waals surface area contributed by atoms with E-state index in [1.807, 2.05) is 0 Å². The van der Waals surface area contributed by atoms with Gasteiger partial charge >= 0.3 is 0 Å². The molecule has 0 atom stereocenters. The van der Waals surface area contributed by atoms with E-state index in [2.05, 4.69) is 83.4 Å². The first-order chi connectivity index (χ1) is 9.69. The second-order valence-corrected chi connectivity index (χ2v) is 6.43. The molecule has 0 aromatic heterocycles. The Balaban J connectivity index is 2.40. The molecule has 0 bridgehead atoms. The number of hydrogen-bond acceptors (Lipinski definition) is 0. The summed E-state index contributed by atoms with van der Waals surface area (Å²) in [4.78, 5) is 0. The van der Waals surface area contributed by atoms with E-state index in [-0.39, 0.29) is 5.41 Å². The Kier molecular flexibility index (Phi) is 3.28.